The molecular formula is C15H24ClNO. The monoisotopic (exact) mass is 269 g/mol. The van der Waals surface area contributed by atoms with Crippen LogP contribution in [0.4, 0.5) is 0 Å². The Kier molecular flexibility index (Phi) is 3.83. The minimum absolute atomic E-state index is 0.340. The van der Waals surface area contributed by atoms with Crippen molar-refractivity contribution in [3.63, 3.8) is 0 Å². The molecular weight excluding hydrogens is 246 g/mol. The summed E-state index contributed by atoms with van der Waals surface area (Å²) in [7, 11) is 0. The molecule has 102 valence electrons. The van der Waals surface area contributed by atoms with Gasteiger partial charge in [0.05, 0.1) is 0 Å². The highest BCUT2D eigenvalue weighted by molar-refractivity contribution is 6.18. The molecule has 3 aliphatic carbocycles. The van der Waals surface area contributed by atoms with Gasteiger partial charge >= 0.3 is 0 Å². The fourth-order valence-corrected chi connectivity index (χ4v) is 4.72. The minimum atomic E-state index is 0.340. The lowest BCUT2D eigenvalue weighted by molar-refractivity contribution is -0.139. The topological polar surface area (TPSA) is 20.3 Å². The second-order valence-corrected chi connectivity index (χ2v) is 6.82. The molecule has 0 aromatic rings. The largest absolute Gasteiger partial charge is 0.338 e. The van der Waals surface area contributed by atoms with Crippen LogP contribution in [-0.2, 0) is 4.79 Å². The van der Waals surface area contributed by atoms with Gasteiger partial charge in [0.2, 0.25) is 5.91 Å². The number of hydrogen-bond acceptors (Lipinski definition) is 1. The van der Waals surface area contributed by atoms with Crippen molar-refractivity contribution in [1.29, 1.82) is 0 Å². The maximum Gasteiger partial charge on any atom is 0.226 e. The molecule has 2 nitrogen and oxygen atoms in total. The van der Waals surface area contributed by atoms with E-state index >= 15 is 0 Å². The lowest BCUT2D eigenvalue weighted by Gasteiger charge is -2.33. The summed E-state index contributed by atoms with van der Waals surface area (Å²) in [5.41, 5.74) is 0. The van der Waals surface area contributed by atoms with Crippen molar-refractivity contribution in [1.82, 2.24) is 4.90 Å². The summed E-state index contributed by atoms with van der Waals surface area (Å²) in [6.07, 6.45) is 10.1. The van der Waals surface area contributed by atoms with Gasteiger partial charge in [0.25, 0.3) is 0 Å². The fraction of sp³-hybridized carbons (Fsp3) is 0.933. The number of amides is 1. The SMILES string of the molecule is O=C(C1CC2CCC1C2)N(CCCl)C1CCCC1. The van der Waals surface area contributed by atoms with E-state index < -0.39 is 0 Å². The summed E-state index contributed by atoms with van der Waals surface area (Å²) in [5, 5.41) is 0. The lowest BCUT2D eigenvalue weighted by atomic mass is 9.87. The maximum atomic E-state index is 12.8. The number of carbonyl (C=O) groups is 1. The summed E-state index contributed by atoms with van der Waals surface area (Å²) in [6.45, 7) is 0.763. The van der Waals surface area contributed by atoms with Gasteiger partial charge in [0.1, 0.15) is 0 Å². The molecule has 0 saturated heterocycles. The molecule has 3 aliphatic rings. The minimum Gasteiger partial charge on any atom is -0.338 e. The van der Waals surface area contributed by atoms with Crippen LogP contribution in [0.3, 0.4) is 0 Å². The number of fused-ring (bicyclic) bond motifs is 2. The summed E-state index contributed by atoms with van der Waals surface area (Å²) in [6, 6.07) is 0.496. The number of alkyl halides is 1. The van der Waals surface area contributed by atoms with Crippen molar-refractivity contribution in [2.45, 2.75) is 57.4 Å². The van der Waals surface area contributed by atoms with E-state index in [0.717, 1.165) is 18.9 Å². The summed E-state index contributed by atoms with van der Waals surface area (Å²) in [4.78, 5) is 14.9. The predicted molar refractivity (Wildman–Crippen MR) is 73.6 cm³/mol. The molecule has 3 unspecified atom stereocenters. The van der Waals surface area contributed by atoms with Crippen LogP contribution in [0.15, 0.2) is 0 Å². The van der Waals surface area contributed by atoms with Crippen LogP contribution in [0.1, 0.15) is 51.4 Å². The Balaban J connectivity index is 1.67. The standard InChI is InChI=1S/C15H24ClNO/c16-7-8-17(13-3-1-2-4-13)15(18)14-10-11-5-6-12(14)9-11/h11-14H,1-10H2. The first-order valence-corrected chi connectivity index (χ1v) is 8.19. The normalized spacial score (nSPS) is 35.3. The van der Waals surface area contributed by atoms with Gasteiger partial charge in [-0.05, 0) is 43.9 Å². The van der Waals surface area contributed by atoms with Crippen molar-refractivity contribution in [3.05, 3.63) is 0 Å². The lowest BCUT2D eigenvalue weighted by Crippen LogP contribution is -2.44. The highest BCUT2D eigenvalue weighted by Crippen LogP contribution is 2.49. The van der Waals surface area contributed by atoms with Crippen molar-refractivity contribution in [2.24, 2.45) is 17.8 Å². The molecule has 3 saturated carbocycles. The molecule has 3 heteroatoms. The van der Waals surface area contributed by atoms with Crippen LogP contribution in [0, 0.1) is 17.8 Å². The molecule has 0 aromatic heterocycles. The molecule has 1 amide bonds. The molecule has 18 heavy (non-hydrogen) atoms. The summed E-state index contributed by atoms with van der Waals surface area (Å²) >= 11 is 5.91. The van der Waals surface area contributed by atoms with E-state index in [0.29, 0.717) is 29.7 Å². The Morgan fingerprint density at radius 3 is 2.44 bits per heavy atom. The van der Waals surface area contributed by atoms with Gasteiger partial charge in [0.15, 0.2) is 0 Å². The van der Waals surface area contributed by atoms with Gasteiger partial charge in [-0.1, -0.05) is 19.3 Å². The van der Waals surface area contributed by atoms with Crippen molar-refractivity contribution in [3.8, 4) is 0 Å². The van der Waals surface area contributed by atoms with Crippen LogP contribution in [0.2, 0.25) is 0 Å². The molecule has 0 aliphatic heterocycles. The third-order valence-corrected chi connectivity index (χ3v) is 5.60. The quantitative estimate of drug-likeness (QED) is 0.716. The van der Waals surface area contributed by atoms with Crippen LogP contribution >= 0.6 is 11.6 Å². The second kappa shape index (κ2) is 5.40. The highest BCUT2D eigenvalue weighted by atomic mass is 35.5. The first-order valence-electron chi connectivity index (χ1n) is 7.66. The van der Waals surface area contributed by atoms with Crippen molar-refractivity contribution in [2.75, 3.05) is 12.4 Å². The fourth-order valence-electron chi connectivity index (χ4n) is 4.54. The smallest absolute Gasteiger partial charge is 0.226 e. The Hall–Kier alpha value is -0.240. The Morgan fingerprint density at radius 1 is 1.11 bits per heavy atom. The molecule has 3 fully saturated rings. The number of rotatable bonds is 4. The molecule has 2 bridgehead atoms. The van der Waals surface area contributed by atoms with E-state index in [1.165, 1.54) is 44.9 Å². The number of nitrogens with zero attached hydrogens (tertiary/aromatic N) is 1. The average molecular weight is 270 g/mol. The van der Waals surface area contributed by atoms with E-state index in [4.69, 9.17) is 11.6 Å². The van der Waals surface area contributed by atoms with Gasteiger partial charge in [0, 0.05) is 24.4 Å². The first-order chi connectivity index (χ1) is 8.79. The highest BCUT2D eigenvalue weighted by Gasteiger charge is 2.45. The Bertz CT molecular complexity index is 314. The van der Waals surface area contributed by atoms with Crippen LogP contribution in [0.5, 0.6) is 0 Å². The van der Waals surface area contributed by atoms with Gasteiger partial charge in [-0.25, -0.2) is 0 Å². The van der Waals surface area contributed by atoms with Gasteiger partial charge in [-0.3, -0.25) is 4.79 Å². The maximum absolute atomic E-state index is 12.8. The number of carbonyl (C=O) groups excluding carboxylic acids is 1. The third-order valence-electron chi connectivity index (χ3n) is 5.43. The van der Waals surface area contributed by atoms with E-state index in [1.807, 2.05) is 0 Å². The molecule has 0 heterocycles. The summed E-state index contributed by atoms with van der Waals surface area (Å²) in [5.74, 6) is 2.91. The van der Waals surface area contributed by atoms with E-state index in [-0.39, 0.29) is 0 Å². The van der Waals surface area contributed by atoms with Crippen LogP contribution in [-0.4, -0.2) is 29.3 Å². The zero-order valence-electron chi connectivity index (χ0n) is 11.1. The number of halogens is 1. The van der Waals surface area contributed by atoms with Crippen LogP contribution in [0.25, 0.3) is 0 Å². The Labute approximate surface area is 115 Å². The zero-order valence-corrected chi connectivity index (χ0v) is 11.9. The second-order valence-electron chi connectivity index (χ2n) is 6.44. The Morgan fingerprint density at radius 2 is 1.89 bits per heavy atom. The molecule has 0 radical (unpaired) electrons. The van der Waals surface area contributed by atoms with Gasteiger partial charge < -0.3 is 4.90 Å². The van der Waals surface area contributed by atoms with Crippen molar-refractivity contribution >= 4 is 17.5 Å². The summed E-state index contributed by atoms with van der Waals surface area (Å²) < 4.78 is 0. The van der Waals surface area contributed by atoms with Gasteiger partial charge in [-0.15, -0.1) is 11.6 Å². The van der Waals surface area contributed by atoms with Crippen LogP contribution < -0.4 is 0 Å². The average Bonchev–Trinajstić information content (AvgIpc) is 3.10. The zero-order chi connectivity index (χ0) is 12.5. The molecule has 3 atom stereocenters. The van der Waals surface area contributed by atoms with E-state index in [1.54, 1.807) is 0 Å². The van der Waals surface area contributed by atoms with E-state index in [9.17, 15) is 4.79 Å². The third kappa shape index (κ3) is 2.29. The predicted octanol–water partition coefficient (Wildman–Crippen LogP) is 3.43. The van der Waals surface area contributed by atoms with E-state index in [2.05, 4.69) is 4.90 Å². The molecule has 0 aromatic carbocycles. The van der Waals surface area contributed by atoms with Gasteiger partial charge in [-0.2, -0.15) is 0 Å². The molecule has 0 spiro atoms. The van der Waals surface area contributed by atoms with Crippen molar-refractivity contribution < 1.29 is 4.79 Å². The number of hydrogen-bond donors (Lipinski definition) is 0. The molecule has 3 rings (SSSR count). The first kappa shape index (κ1) is 12.8. The molecule has 0 N–H and O–H groups in total.